The van der Waals surface area contributed by atoms with Crippen molar-refractivity contribution in [2.24, 2.45) is 0 Å². The number of imide groups is 1. The van der Waals surface area contributed by atoms with Gasteiger partial charge >= 0.3 is 0 Å². The van der Waals surface area contributed by atoms with Gasteiger partial charge in [0, 0.05) is 67.7 Å². The molecule has 32 heteroatoms. The Morgan fingerprint density at radius 3 is 1.98 bits per heavy atom. The number of morpholine rings is 1. The zero-order chi connectivity index (χ0) is 66.2. The molecule has 0 saturated carbocycles. The van der Waals surface area contributed by atoms with Crippen molar-refractivity contribution in [1.82, 2.24) is 56.6 Å². The van der Waals surface area contributed by atoms with E-state index in [1.807, 2.05) is 0 Å². The molecule has 4 atom stereocenters. The fourth-order valence-corrected chi connectivity index (χ4v) is 10.4. The van der Waals surface area contributed by atoms with Crippen LogP contribution in [0.2, 0.25) is 0 Å². The predicted octanol–water partition coefficient (Wildman–Crippen LogP) is -2.62. The fourth-order valence-electron chi connectivity index (χ4n) is 10.3. The van der Waals surface area contributed by atoms with Crippen LogP contribution in [0.3, 0.4) is 0 Å². The first kappa shape index (κ1) is 72.2. The fraction of sp³-hybridized carbons (Fsp3) is 0.576. The average Bonchev–Trinajstić information content (AvgIpc) is 1.64. The molecule has 3 aromatic rings. The van der Waals surface area contributed by atoms with Crippen molar-refractivity contribution in [3.63, 3.8) is 0 Å². The quantitative estimate of drug-likeness (QED) is 0.0126. The minimum absolute atomic E-state index is 0.00434. The highest BCUT2D eigenvalue weighted by molar-refractivity contribution is 7.81. The second kappa shape index (κ2) is 35.7. The van der Waals surface area contributed by atoms with Crippen LogP contribution in [0, 0.1) is 12.7 Å². The lowest BCUT2D eigenvalue weighted by Gasteiger charge is -2.36. The van der Waals surface area contributed by atoms with Crippen LogP contribution in [-0.2, 0) is 106 Å². The van der Waals surface area contributed by atoms with E-state index in [9.17, 15) is 62.6 Å². The number of halogens is 1. The second-order valence-electron chi connectivity index (χ2n) is 21.4. The van der Waals surface area contributed by atoms with Crippen LogP contribution in [-0.4, -0.2) is 227 Å². The number of ether oxygens (including phenoxy) is 6. The molecular weight excluding hydrogens is 1220 g/mol. The number of methoxy groups -OCH3 is 1. The van der Waals surface area contributed by atoms with E-state index in [4.69, 9.17) is 33.4 Å². The van der Waals surface area contributed by atoms with Gasteiger partial charge in [-0.1, -0.05) is 13.8 Å². The molecule has 1 saturated heterocycles. The molecule has 0 spiro atoms. The summed E-state index contributed by atoms with van der Waals surface area (Å²) in [5.41, 5.74) is 0.698. The standard InChI is InChI=1S/C59H80FN11O19S/c1-5-45(91)58(83)69(34-73)12-9-46(74)61-11-15-87-18-20-89-22-21-88-19-17-86-14-10-47(75)62-25-48(76)63-26-49(77)64-27-50(78)65-28-51(79)66-29-52(80)70-13-16-90-32-44(70)56(81)68-41-8-7-36-35(3)40(60)24-42-53(36)54(41)37-30-71-43(55(37)67-42)23-39(59(84,6-2)33-72)38(31-85-4)57(71)82/h23-24,33-34,41,44-45,84,91H,5-22,25-32H2,1-4H3,(H,61,74)(H,62,75)(H,63,76)(H,64,77)(H,65,78)(H,66,79)(H,68,81). The Balaban J connectivity index is 0.828. The molecular formula is C59H80FN11O19S. The highest BCUT2D eigenvalue weighted by atomic mass is 32.1. The summed E-state index contributed by atoms with van der Waals surface area (Å²) < 4.78 is 49.5. The number of aromatic nitrogens is 2. The predicted molar refractivity (Wildman–Crippen MR) is 323 cm³/mol. The molecule has 4 heterocycles. The number of carbonyl (C=O) groups excluding carboxylic acids is 11. The van der Waals surface area contributed by atoms with E-state index in [1.165, 1.54) is 28.7 Å². The molecule has 498 valence electrons. The van der Waals surface area contributed by atoms with E-state index in [2.05, 4.69) is 49.8 Å². The normalized spacial score (nSPS) is 15.7. The first-order valence-electron chi connectivity index (χ1n) is 29.8. The van der Waals surface area contributed by atoms with Gasteiger partial charge in [-0.3, -0.25) is 62.4 Å². The van der Waals surface area contributed by atoms with Gasteiger partial charge in [-0.25, -0.2) is 9.37 Å². The smallest absolute Gasteiger partial charge is 0.257 e. The number of nitrogens with zero attached hydrogens (tertiary/aromatic N) is 4. The van der Waals surface area contributed by atoms with Crippen LogP contribution in [0.15, 0.2) is 16.9 Å². The SMILES string of the molecule is CCC(S)C(=O)N(C=O)CCC(=O)NCCOCCOCCOCCOCCC(=O)NCC(=O)NCC(=O)NCC(=O)NCC(=O)NCC(=O)N1CCOCC1C(=O)NC1CCc2c(C)c(F)cc3nc4c(c1c23)Cn1c-4cc(C(O)(C=O)CC)c(COC)c1=O. The van der Waals surface area contributed by atoms with E-state index in [-0.39, 0.29) is 146 Å². The van der Waals surface area contributed by atoms with Gasteiger partial charge in [-0.05, 0) is 55.4 Å². The molecule has 1 aromatic carbocycles. The number of amides is 10. The number of thiol groups is 1. The summed E-state index contributed by atoms with van der Waals surface area (Å²) in [6.07, 6.45) is 1.72. The van der Waals surface area contributed by atoms with E-state index in [1.54, 1.807) is 20.8 Å². The molecule has 4 unspecified atom stereocenters. The van der Waals surface area contributed by atoms with Gasteiger partial charge in [-0.2, -0.15) is 12.6 Å². The Hall–Kier alpha value is -7.85. The summed E-state index contributed by atoms with van der Waals surface area (Å²) >= 11 is 4.12. The number of rotatable bonds is 38. The van der Waals surface area contributed by atoms with Crippen LogP contribution >= 0.6 is 12.6 Å². The molecule has 8 N–H and O–H groups in total. The maximum absolute atomic E-state index is 15.5. The van der Waals surface area contributed by atoms with Crippen LogP contribution in [0.1, 0.15) is 85.4 Å². The third-order valence-corrected chi connectivity index (χ3v) is 15.9. The Kier molecular flexibility index (Phi) is 28.3. The lowest BCUT2D eigenvalue weighted by molar-refractivity contribution is -0.148. The van der Waals surface area contributed by atoms with Gasteiger partial charge in [0.1, 0.15) is 17.5 Å². The van der Waals surface area contributed by atoms with E-state index < -0.39 is 114 Å². The van der Waals surface area contributed by atoms with Gasteiger partial charge in [0.15, 0.2) is 6.29 Å². The lowest BCUT2D eigenvalue weighted by atomic mass is 9.81. The van der Waals surface area contributed by atoms with Gasteiger partial charge < -0.3 is 80.2 Å². The zero-order valence-corrected chi connectivity index (χ0v) is 52.2. The first-order valence-corrected chi connectivity index (χ1v) is 30.3. The summed E-state index contributed by atoms with van der Waals surface area (Å²) in [5, 5.41) is 28.8. The number of benzene rings is 1. The molecule has 91 heavy (non-hydrogen) atoms. The molecule has 1 fully saturated rings. The molecule has 30 nitrogen and oxygen atoms in total. The van der Waals surface area contributed by atoms with Crippen molar-refractivity contribution in [2.45, 2.75) is 95.4 Å². The van der Waals surface area contributed by atoms with Crippen LogP contribution < -0.4 is 42.8 Å². The van der Waals surface area contributed by atoms with Crippen LogP contribution in [0.25, 0.3) is 22.3 Å². The number of aldehydes is 1. The topological polar surface area (TPSA) is 389 Å². The summed E-state index contributed by atoms with van der Waals surface area (Å²) in [6.45, 7) is 4.06. The minimum atomic E-state index is -2.02. The van der Waals surface area contributed by atoms with Crippen molar-refractivity contribution in [3.8, 4) is 11.4 Å². The number of hydrogen-bond acceptors (Lipinski definition) is 21. The second-order valence-corrected chi connectivity index (χ2v) is 22.0. The van der Waals surface area contributed by atoms with E-state index in [0.29, 0.717) is 65.3 Å². The summed E-state index contributed by atoms with van der Waals surface area (Å²) in [6, 6.07) is 0.945. The number of aryl methyl sites for hydroxylation is 1. The summed E-state index contributed by atoms with van der Waals surface area (Å²) in [7, 11) is 1.38. The Labute approximate surface area is 528 Å². The van der Waals surface area contributed by atoms with Crippen LogP contribution in [0.4, 0.5) is 4.39 Å². The minimum Gasteiger partial charge on any atom is -0.380 e. The maximum Gasteiger partial charge on any atom is 0.257 e. The lowest BCUT2D eigenvalue weighted by Crippen LogP contribution is -2.58. The van der Waals surface area contributed by atoms with Crippen molar-refractivity contribution >= 4 is 89.4 Å². The molecule has 1 aliphatic carbocycles. The van der Waals surface area contributed by atoms with Gasteiger partial charge in [0.05, 0.1) is 140 Å². The van der Waals surface area contributed by atoms with Crippen molar-refractivity contribution in [3.05, 3.63) is 61.7 Å². The van der Waals surface area contributed by atoms with Gasteiger partial charge in [0.2, 0.25) is 59.6 Å². The average molecular weight is 1300 g/mol. The molecule has 0 radical (unpaired) electrons. The maximum atomic E-state index is 15.5. The van der Waals surface area contributed by atoms with Crippen molar-refractivity contribution in [1.29, 1.82) is 0 Å². The largest absolute Gasteiger partial charge is 0.380 e. The molecule has 6 rings (SSSR count). The van der Waals surface area contributed by atoms with Gasteiger partial charge in [-0.15, -0.1) is 0 Å². The monoisotopic (exact) mass is 1300 g/mol. The summed E-state index contributed by atoms with van der Waals surface area (Å²) in [5.74, 6) is -5.96. The molecule has 3 aliphatic rings. The van der Waals surface area contributed by atoms with Crippen molar-refractivity contribution < 1.29 is 90.7 Å². The Bertz CT molecular complexity index is 3230. The highest BCUT2D eigenvalue weighted by Crippen LogP contribution is 2.45. The number of aliphatic hydroxyl groups is 1. The molecule has 10 amide bonds. The molecule has 2 aliphatic heterocycles. The number of fused-ring (bicyclic) bond motifs is 4. The van der Waals surface area contributed by atoms with Crippen molar-refractivity contribution in [2.75, 3.05) is 126 Å². The molecule has 2 aromatic heterocycles. The number of pyridine rings is 2. The number of carbonyl (C=O) groups is 11. The third kappa shape index (κ3) is 19.8. The summed E-state index contributed by atoms with van der Waals surface area (Å²) in [4.78, 5) is 159. The van der Waals surface area contributed by atoms with Crippen LogP contribution in [0.5, 0.6) is 0 Å². The Morgan fingerprint density at radius 2 is 1.40 bits per heavy atom. The third-order valence-electron chi connectivity index (χ3n) is 15.3. The molecule has 0 bridgehead atoms. The number of hydrogen-bond donors (Lipinski definition) is 9. The zero-order valence-electron chi connectivity index (χ0n) is 51.3. The Morgan fingerprint density at radius 1 is 0.813 bits per heavy atom. The highest BCUT2D eigenvalue weighted by Gasteiger charge is 2.40. The van der Waals surface area contributed by atoms with E-state index >= 15 is 4.39 Å². The number of nitrogens with one attached hydrogen (secondary N) is 7. The first-order chi connectivity index (χ1) is 43.7. The van der Waals surface area contributed by atoms with Gasteiger partial charge in [0.25, 0.3) is 5.56 Å². The van der Waals surface area contributed by atoms with E-state index in [0.717, 1.165) is 4.90 Å².